The molecule has 0 N–H and O–H groups in total. The molecule has 172 valence electrons. The molecule has 1 aliphatic heterocycles. The second kappa shape index (κ2) is 10.5. The van der Waals surface area contributed by atoms with Crippen LogP contribution in [0.2, 0.25) is 0 Å². The molecule has 1 aromatic carbocycles. The van der Waals surface area contributed by atoms with Crippen molar-refractivity contribution in [3.05, 3.63) is 17.7 Å². The van der Waals surface area contributed by atoms with Crippen LogP contribution in [0.1, 0.15) is 45.6 Å². The highest BCUT2D eigenvalue weighted by Gasteiger charge is 2.41. The van der Waals surface area contributed by atoms with Crippen molar-refractivity contribution in [2.45, 2.75) is 52.5 Å². The number of benzene rings is 1. The third-order valence-electron chi connectivity index (χ3n) is 5.84. The van der Waals surface area contributed by atoms with Crippen LogP contribution in [-0.4, -0.2) is 63.1 Å². The van der Waals surface area contributed by atoms with Crippen molar-refractivity contribution in [1.82, 2.24) is 4.90 Å². The smallest absolute Gasteiger partial charge is 0.328 e. The quantitative estimate of drug-likeness (QED) is 0.412. The SMILES string of the molecule is CCC(C)(C)C(=O)C(=O)N1CCC[C@H]1C(=O)OCCc1cc(OC)c(OC)c(OC)c1. The van der Waals surface area contributed by atoms with E-state index >= 15 is 0 Å². The van der Waals surface area contributed by atoms with Gasteiger partial charge in [-0.25, -0.2) is 4.79 Å². The van der Waals surface area contributed by atoms with Crippen LogP contribution < -0.4 is 14.2 Å². The van der Waals surface area contributed by atoms with Gasteiger partial charge in [0, 0.05) is 18.4 Å². The molecular formula is C23H33NO7. The summed E-state index contributed by atoms with van der Waals surface area (Å²) in [6, 6.07) is 2.88. The van der Waals surface area contributed by atoms with Gasteiger partial charge in [0.15, 0.2) is 11.5 Å². The average Bonchev–Trinajstić information content (AvgIpc) is 3.27. The summed E-state index contributed by atoms with van der Waals surface area (Å²) in [6.45, 7) is 5.87. The molecule has 31 heavy (non-hydrogen) atoms. The normalized spacial score (nSPS) is 16.1. The summed E-state index contributed by atoms with van der Waals surface area (Å²) in [4.78, 5) is 39.2. The van der Waals surface area contributed by atoms with Gasteiger partial charge in [-0.2, -0.15) is 0 Å². The van der Waals surface area contributed by atoms with Crippen LogP contribution in [0.4, 0.5) is 0 Å². The van der Waals surface area contributed by atoms with E-state index in [4.69, 9.17) is 18.9 Å². The second-order valence-electron chi connectivity index (χ2n) is 8.17. The molecule has 1 amide bonds. The zero-order valence-corrected chi connectivity index (χ0v) is 19.3. The first kappa shape index (κ1) is 24.5. The Morgan fingerprint density at radius 3 is 2.19 bits per heavy atom. The monoisotopic (exact) mass is 435 g/mol. The molecule has 8 heteroatoms. The van der Waals surface area contributed by atoms with Crippen LogP contribution >= 0.6 is 0 Å². The van der Waals surface area contributed by atoms with E-state index in [1.165, 1.54) is 26.2 Å². The maximum absolute atomic E-state index is 12.7. The topological polar surface area (TPSA) is 91.4 Å². The summed E-state index contributed by atoms with van der Waals surface area (Å²) < 4.78 is 21.4. The van der Waals surface area contributed by atoms with Crippen LogP contribution in [-0.2, 0) is 25.5 Å². The number of Topliss-reactive ketones (excluding diaryl/α,β-unsaturated/α-hetero) is 1. The highest BCUT2D eigenvalue weighted by Crippen LogP contribution is 2.38. The van der Waals surface area contributed by atoms with Gasteiger partial charge in [0.05, 0.1) is 27.9 Å². The second-order valence-corrected chi connectivity index (χ2v) is 8.17. The van der Waals surface area contributed by atoms with Gasteiger partial charge in [-0.05, 0) is 37.0 Å². The highest BCUT2D eigenvalue weighted by molar-refractivity contribution is 6.38. The number of rotatable bonds is 10. The zero-order chi connectivity index (χ0) is 23.2. The molecule has 1 heterocycles. The fourth-order valence-corrected chi connectivity index (χ4v) is 3.48. The van der Waals surface area contributed by atoms with Gasteiger partial charge < -0.3 is 23.8 Å². The molecule has 1 saturated heterocycles. The van der Waals surface area contributed by atoms with Gasteiger partial charge in [0.25, 0.3) is 5.91 Å². The molecule has 1 aliphatic rings. The lowest BCUT2D eigenvalue weighted by Gasteiger charge is -2.27. The Hall–Kier alpha value is -2.77. The van der Waals surface area contributed by atoms with Crippen LogP contribution in [0, 0.1) is 5.41 Å². The molecule has 1 aromatic rings. The first-order chi connectivity index (χ1) is 14.7. The Bertz CT molecular complexity index is 793. The van der Waals surface area contributed by atoms with Gasteiger partial charge in [0.2, 0.25) is 11.5 Å². The number of carbonyl (C=O) groups is 3. The molecular weight excluding hydrogens is 402 g/mol. The minimum Gasteiger partial charge on any atom is -0.493 e. The first-order valence-corrected chi connectivity index (χ1v) is 10.5. The van der Waals surface area contributed by atoms with Crippen molar-refractivity contribution in [3.63, 3.8) is 0 Å². The number of esters is 1. The molecule has 0 bridgehead atoms. The van der Waals surface area contributed by atoms with Crippen molar-refractivity contribution in [2.75, 3.05) is 34.5 Å². The Morgan fingerprint density at radius 1 is 1.06 bits per heavy atom. The van der Waals surface area contributed by atoms with Crippen LogP contribution in [0.5, 0.6) is 17.2 Å². The predicted molar refractivity (Wildman–Crippen MR) is 115 cm³/mol. The Balaban J connectivity index is 2.01. The first-order valence-electron chi connectivity index (χ1n) is 10.5. The number of methoxy groups -OCH3 is 3. The van der Waals surface area contributed by atoms with E-state index in [9.17, 15) is 14.4 Å². The molecule has 0 aliphatic carbocycles. The lowest BCUT2D eigenvalue weighted by molar-refractivity contribution is -0.157. The van der Waals surface area contributed by atoms with Crippen LogP contribution in [0.15, 0.2) is 12.1 Å². The van der Waals surface area contributed by atoms with Crippen molar-refractivity contribution in [1.29, 1.82) is 0 Å². The third kappa shape index (κ3) is 5.48. The van der Waals surface area contributed by atoms with Gasteiger partial charge in [-0.3, -0.25) is 9.59 Å². The van der Waals surface area contributed by atoms with Crippen molar-refractivity contribution >= 4 is 17.7 Å². The molecule has 1 atom stereocenters. The van der Waals surface area contributed by atoms with Gasteiger partial charge >= 0.3 is 5.97 Å². The minimum atomic E-state index is -0.749. The lowest BCUT2D eigenvalue weighted by atomic mass is 9.84. The van der Waals surface area contributed by atoms with Crippen molar-refractivity contribution in [3.8, 4) is 17.2 Å². The maximum atomic E-state index is 12.7. The van der Waals surface area contributed by atoms with Gasteiger partial charge in [-0.15, -0.1) is 0 Å². The Morgan fingerprint density at radius 2 is 1.68 bits per heavy atom. The molecule has 8 nitrogen and oxygen atoms in total. The maximum Gasteiger partial charge on any atom is 0.328 e. The number of hydrogen-bond donors (Lipinski definition) is 0. The fourth-order valence-electron chi connectivity index (χ4n) is 3.48. The minimum absolute atomic E-state index is 0.129. The lowest BCUT2D eigenvalue weighted by Crippen LogP contribution is -2.48. The standard InChI is InChI=1S/C23H33NO7/c1-7-23(2,3)20(25)21(26)24-11-8-9-16(24)22(27)31-12-10-15-13-17(28-4)19(30-6)18(14-15)29-5/h13-14,16H,7-12H2,1-6H3/t16-/m0/s1. The Kier molecular flexibility index (Phi) is 8.30. The molecule has 0 aromatic heterocycles. The van der Waals surface area contributed by atoms with Crippen molar-refractivity contribution in [2.24, 2.45) is 5.41 Å². The number of nitrogens with zero attached hydrogens (tertiary/aromatic N) is 1. The molecule has 0 spiro atoms. The number of ether oxygens (including phenoxy) is 4. The van der Waals surface area contributed by atoms with E-state index in [0.717, 1.165) is 5.56 Å². The predicted octanol–water partition coefficient (Wildman–Crippen LogP) is 2.79. The summed E-state index contributed by atoms with van der Waals surface area (Å²) in [5.74, 6) is -0.0189. The van der Waals surface area contributed by atoms with E-state index in [1.54, 1.807) is 26.0 Å². The van der Waals surface area contributed by atoms with E-state index in [2.05, 4.69) is 0 Å². The zero-order valence-electron chi connectivity index (χ0n) is 19.3. The van der Waals surface area contributed by atoms with Crippen LogP contribution in [0.25, 0.3) is 0 Å². The molecule has 1 fully saturated rings. The van der Waals surface area contributed by atoms with E-state index in [0.29, 0.717) is 49.5 Å². The number of carbonyl (C=O) groups excluding carboxylic acids is 3. The average molecular weight is 436 g/mol. The summed E-state index contributed by atoms with van der Waals surface area (Å²) in [5, 5.41) is 0. The Labute approximate surface area is 183 Å². The number of ketones is 1. The molecule has 2 rings (SSSR count). The molecule has 0 radical (unpaired) electrons. The highest BCUT2D eigenvalue weighted by atomic mass is 16.5. The van der Waals surface area contributed by atoms with E-state index in [-0.39, 0.29) is 6.61 Å². The van der Waals surface area contributed by atoms with E-state index < -0.39 is 29.1 Å². The number of amides is 1. The number of likely N-dealkylation sites (tertiary alicyclic amines) is 1. The molecule has 0 unspecified atom stereocenters. The molecule has 0 saturated carbocycles. The largest absolute Gasteiger partial charge is 0.493 e. The van der Waals surface area contributed by atoms with Gasteiger partial charge in [-0.1, -0.05) is 20.8 Å². The summed E-state index contributed by atoms with van der Waals surface area (Å²) in [5.41, 5.74) is 0.0992. The van der Waals surface area contributed by atoms with Crippen molar-refractivity contribution < 1.29 is 33.3 Å². The summed E-state index contributed by atoms with van der Waals surface area (Å²) in [6.07, 6.45) is 2.15. The fraction of sp³-hybridized carbons (Fsp3) is 0.609. The van der Waals surface area contributed by atoms with Crippen LogP contribution in [0.3, 0.4) is 0 Å². The van der Waals surface area contributed by atoms with Gasteiger partial charge in [0.1, 0.15) is 6.04 Å². The third-order valence-corrected chi connectivity index (χ3v) is 5.84. The number of hydrogen-bond acceptors (Lipinski definition) is 7. The summed E-state index contributed by atoms with van der Waals surface area (Å²) in [7, 11) is 4.60. The van der Waals surface area contributed by atoms with E-state index in [1.807, 2.05) is 6.92 Å². The summed E-state index contributed by atoms with van der Waals surface area (Å²) >= 11 is 0.